The summed E-state index contributed by atoms with van der Waals surface area (Å²) in [4.78, 5) is 27.0. The quantitative estimate of drug-likeness (QED) is 0.472. The molecule has 3 aromatic rings. The molecular weight excluding hydrogens is 476 g/mol. The molecule has 4 N–H and O–H groups in total. The van der Waals surface area contributed by atoms with E-state index < -0.39 is 16.1 Å². The summed E-state index contributed by atoms with van der Waals surface area (Å²) in [6.07, 6.45) is 0.501. The number of fused-ring (bicyclic) bond motifs is 1. The van der Waals surface area contributed by atoms with E-state index >= 15 is 0 Å². The number of anilines is 1. The maximum Gasteiger partial charge on any atom is 0.255 e. The molecule has 0 saturated carbocycles. The van der Waals surface area contributed by atoms with Gasteiger partial charge in [-0.05, 0) is 49.9 Å². The zero-order valence-corrected chi connectivity index (χ0v) is 21.5. The van der Waals surface area contributed by atoms with Crippen LogP contribution in [0.15, 0.2) is 65.6 Å². The maximum absolute atomic E-state index is 13.5. The Labute approximate surface area is 211 Å². The highest BCUT2D eigenvalue weighted by Gasteiger charge is 2.33. The van der Waals surface area contributed by atoms with Crippen molar-refractivity contribution in [2.45, 2.75) is 44.2 Å². The molecule has 190 valence electrons. The van der Waals surface area contributed by atoms with Gasteiger partial charge >= 0.3 is 0 Å². The molecule has 2 amide bonds. The SMILES string of the molecule is Cc1ccccc1C(=O)Nc1ccc(S(=O)(=O)NC2CCN(C(=O)[C@@H](C)N)CC2C)c2ccccc12. The predicted octanol–water partition coefficient (Wildman–Crippen LogP) is 3.26. The van der Waals surface area contributed by atoms with Crippen LogP contribution in [-0.4, -0.2) is 50.3 Å². The predicted molar refractivity (Wildman–Crippen MR) is 141 cm³/mol. The number of sulfonamides is 1. The van der Waals surface area contributed by atoms with Crippen molar-refractivity contribution in [3.63, 3.8) is 0 Å². The standard InChI is InChI=1S/C27H32N4O4S/c1-17-8-4-5-9-20(17)26(32)29-24-12-13-25(22-11-7-6-10-21(22)24)36(34,35)30-23-14-15-31(16-18(23)2)27(33)19(3)28/h4-13,18-19,23,30H,14-16,28H2,1-3H3,(H,29,32)/t18?,19-,23?/m1/s1. The number of hydrogen-bond donors (Lipinski definition) is 3. The number of carbonyl (C=O) groups excluding carboxylic acids is 2. The Balaban J connectivity index is 1.58. The van der Waals surface area contributed by atoms with Crippen molar-refractivity contribution in [1.29, 1.82) is 0 Å². The summed E-state index contributed by atoms with van der Waals surface area (Å²) in [5.74, 6) is -0.457. The number of rotatable bonds is 6. The number of likely N-dealkylation sites (tertiary alicyclic amines) is 1. The highest BCUT2D eigenvalue weighted by molar-refractivity contribution is 7.89. The van der Waals surface area contributed by atoms with Gasteiger partial charge in [-0.25, -0.2) is 13.1 Å². The molecule has 0 aliphatic carbocycles. The largest absolute Gasteiger partial charge is 0.341 e. The molecule has 0 radical (unpaired) electrons. The lowest BCUT2D eigenvalue weighted by Crippen LogP contribution is -2.54. The Morgan fingerprint density at radius 1 is 1.03 bits per heavy atom. The number of nitrogens with two attached hydrogens (primary N) is 1. The lowest BCUT2D eigenvalue weighted by atomic mass is 9.94. The number of piperidine rings is 1. The Morgan fingerprint density at radius 3 is 2.36 bits per heavy atom. The average molecular weight is 509 g/mol. The summed E-state index contributed by atoms with van der Waals surface area (Å²) in [7, 11) is -3.87. The molecule has 1 aliphatic heterocycles. The summed E-state index contributed by atoms with van der Waals surface area (Å²) in [6, 6.07) is 16.7. The minimum Gasteiger partial charge on any atom is -0.341 e. The molecule has 0 bridgehead atoms. The van der Waals surface area contributed by atoms with Crippen molar-refractivity contribution >= 4 is 38.3 Å². The van der Waals surface area contributed by atoms with Crippen LogP contribution < -0.4 is 15.8 Å². The van der Waals surface area contributed by atoms with E-state index in [1.54, 1.807) is 48.2 Å². The fourth-order valence-electron chi connectivity index (χ4n) is 4.70. The van der Waals surface area contributed by atoms with Crippen molar-refractivity contribution in [2.24, 2.45) is 11.7 Å². The molecule has 1 aliphatic rings. The number of aryl methyl sites for hydroxylation is 1. The lowest BCUT2D eigenvalue weighted by Gasteiger charge is -2.37. The molecule has 2 unspecified atom stereocenters. The number of amides is 2. The second-order valence-corrected chi connectivity index (χ2v) is 11.2. The van der Waals surface area contributed by atoms with Crippen LogP contribution in [0.4, 0.5) is 5.69 Å². The van der Waals surface area contributed by atoms with Crippen molar-refractivity contribution < 1.29 is 18.0 Å². The van der Waals surface area contributed by atoms with Gasteiger partial charge in [-0.2, -0.15) is 0 Å². The molecule has 0 spiro atoms. The molecule has 1 saturated heterocycles. The zero-order valence-electron chi connectivity index (χ0n) is 20.7. The first kappa shape index (κ1) is 25.8. The van der Waals surface area contributed by atoms with E-state index in [0.29, 0.717) is 41.5 Å². The van der Waals surface area contributed by atoms with Gasteiger partial charge in [0.15, 0.2) is 0 Å². The number of nitrogens with zero attached hydrogens (tertiary/aromatic N) is 1. The van der Waals surface area contributed by atoms with Crippen molar-refractivity contribution in [3.05, 3.63) is 71.8 Å². The summed E-state index contributed by atoms with van der Waals surface area (Å²) < 4.78 is 29.8. The fourth-order valence-corrected chi connectivity index (χ4v) is 6.29. The maximum atomic E-state index is 13.5. The van der Waals surface area contributed by atoms with Gasteiger partial charge in [0.1, 0.15) is 0 Å². The third-order valence-corrected chi connectivity index (χ3v) is 8.27. The third kappa shape index (κ3) is 5.28. The van der Waals surface area contributed by atoms with E-state index in [9.17, 15) is 18.0 Å². The Hall–Kier alpha value is -3.27. The minimum atomic E-state index is -3.87. The Morgan fingerprint density at radius 2 is 1.69 bits per heavy atom. The van der Waals surface area contributed by atoms with E-state index in [2.05, 4.69) is 10.0 Å². The smallest absolute Gasteiger partial charge is 0.255 e. The molecule has 0 aromatic heterocycles. The van der Waals surface area contributed by atoms with Crippen LogP contribution in [0.5, 0.6) is 0 Å². The van der Waals surface area contributed by atoms with Gasteiger partial charge in [-0.1, -0.05) is 49.4 Å². The van der Waals surface area contributed by atoms with Gasteiger partial charge in [0.25, 0.3) is 5.91 Å². The monoisotopic (exact) mass is 508 g/mol. The van der Waals surface area contributed by atoms with Crippen LogP contribution >= 0.6 is 0 Å². The number of benzene rings is 3. The lowest BCUT2D eigenvalue weighted by molar-refractivity contribution is -0.134. The first-order valence-corrected chi connectivity index (χ1v) is 13.5. The Kier molecular flexibility index (Phi) is 7.44. The molecule has 3 aromatic carbocycles. The van der Waals surface area contributed by atoms with E-state index in [1.807, 2.05) is 32.0 Å². The molecule has 36 heavy (non-hydrogen) atoms. The van der Waals surface area contributed by atoms with Crippen LogP contribution in [0.2, 0.25) is 0 Å². The summed E-state index contributed by atoms with van der Waals surface area (Å²) >= 11 is 0. The number of nitrogens with one attached hydrogen (secondary N) is 2. The molecule has 8 nitrogen and oxygen atoms in total. The second kappa shape index (κ2) is 10.4. The Bertz CT molecular complexity index is 1400. The van der Waals surface area contributed by atoms with Crippen molar-refractivity contribution in [3.8, 4) is 0 Å². The highest BCUT2D eigenvalue weighted by atomic mass is 32.2. The molecule has 1 fully saturated rings. The fraction of sp³-hybridized carbons (Fsp3) is 0.333. The summed E-state index contributed by atoms with van der Waals surface area (Å²) in [5.41, 5.74) is 7.68. The normalized spacial score (nSPS) is 19.2. The van der Waals surface area contributed by atoms with Gasteiger partial charge in [0.05, 0.1) is 10.9 Å². The van der Waals surface area contributed by atoms with Gasteiger partial charge in [0.2, 0.25) is 15.9 Å². The van der Waals surface area contributed by atoms with Crippen LogP contribution in [0.1, 0.15) is 36.2 Å². The number of carbonyl (C=O) groups is 2. The molecule has 4 rings (SSSR count). The van der Waals surface area contributed by atoms with Crippen molar-refractivity contribution in [1.82, 2.24) is 9.62 Å². The number of hydrogen-bond acceptors (Lipinski definition) is 5. The van der Waals surface area contributed by atoms with Crippen LogP contribution in [-0.2, 0) is 14.8 Å². The van der Waals surface area contributed by atoms with E-state index in [1.165, 1.54) is 6.07 Å². The highest BCUT2D eigenvalue weighted by Crippen LogP contribution is 2.31. The summed E-state index contributed by atoms with van der Waals surface area (Å²) in [6.45, 7) is 6.34. The molecule has 3 atom stereocenters. The third-order valence-electron chi connectivity index (χ3n) is 6.72. The average Bonchev–Trinajstić information content (AvgIpc) is 2.85. The summed E-state index contributed by atoms with van der Waals surface area (Å²) in [5, 5.41) is 4.08. The van der Waals surface area contributed by atoms with Crippen LogP contribution in [0.25, 0.3) is 10.8 Å². The molecular formula is C27H32N4O4S. The second-order valence-electron chi connectivity index (χ2n) is 9.49. The van der Waals surface area contributed by atoms with E-state index in [-0.39, 0.29) is 28.7 Å². The van der Waals surface area contributed by atoms with Crippen molar-refractivity contribution in [2.75, 3.05) is 18.4 Å². The first-order chi connectivity index (χ1) is 17.1. The van der Waals surface area contributed by atoms with Crippen LogP contribution in [0, 0.1) is 12.8 Å². The van der Waals surface area contributed by atoms with Gasteiger partial charge in [-0.3, -0.25) is 9.59 Å². The minimum absolute atomic E-state index is 0.0739. The zero-order chi connectivity index (χ0) is 26.0. The van der Waals surface area contributed by atoms with E-state index in [0.717, 1.165) is 5.56 Å². The first-order valence-electron chi connectivity index (χ1n) is 12.0. The van der Waals surface area contributed by atoms with Gasteiger partial charge in [-0.15, -0.1) is 0 Å². The topological polar surface area (TPSA) is 122 Å². The molecule has 9 heteroatoms. The van der Waals surface area contributed by atoms with Gasteiger partial charge < -0.3 is 16.0 Å². The molecule has 1 heterocycles. The van der Waals surface area contributed by atoms with Crippen LogP contribution in [0.3, 0.4) is 0 Å². The van der Waals surface area contributed by atoms with E-state index in [4.69, 9.17) is 5.73 Å². The van der Waals surface area contributed by atoms with Gasteiger partial charge in [0, 0.05) is 41.2 Å².